The molecule has 0 bridgehead atoms. The minimum Gasteiger partial charge on any atom is -0.392 e. The molecule has 1 aromatic heterocycles. The molecule has 0 aliphatic heterocycles. The standard InChI is InChI=1S/C14H15FN2O3S/c1-10(12-4-2-3-5-13(12)15)17-21(19,20)14-7-6-11(9-18)8-16-14/h2-8,10,17-18H,9H2,1H3. The minimum atomic E-state index is -3.86. The zero-order chi connectivity index (χ0) is 15.5. The van der Waals surface area contributed by atoms with Crippen LogP contribution in [0, 0.1) is 5.82 Å². The molecule has 0 aliphatic rings. The lowest BCUT2D eigenvalue weighted by molar-refractivity contribution is 0.281. The summed E-state index contributed by atoms with van der Waals surface area (Å²) in [6.45, 7) is 1.34. The highest BCUT2D eigenvalue weighted by Gasteiger charge is 2.21. The van der Waals surface area contributed by atoms with Crippen molar-refractivity contribution in [2.24, 2.45) is 0 Å². The summed E-state index contributed by atoms with van der Waals surface area (Å²) in [5, 5.41) is 8.73. The van der Waals surface area contributed by atoms with E-state index in [0.717, 1.165) is 0 Å². The average molecular weight is 310 g/mol. The van der Waals surface area contributed by atoms with Gasteiger partial charge in [-0.15, -0.1) is 0 Å². The van der Waals surface area contributed by atoms with Crippen LogP contribution in [0.3, 0.4) is 0 Å². The van der Waals surface area contributed by atoms with Gasteiger partial charge in [0.2, 0.25) is 0 Å². The Kier molecular flexibility index (Phi) is 4.66. The lowest BCUT2D eigenvalue weighted by Crippen LogP contribution is -2.28. The van der Waals surface area contributed by atoms with Crippen molar-refractivity contribution in [2.75, 3.05) is 0 Å². The van der Waals surface area contributed by atoms with Gasteiger partial charge < -0.3 is 5.11 Å². The van der Waals surface area contributed by atoms with Crippen LogP contribution in [-0.2, 0) is 16.6 Å². The zero-order valence-corrected chi connectivity index (χ0v) is 12.1. The highest BCUT2D eigenvalue weighted by molar-refractivity contribution is 7.89. The lowest BCUT2D eigenvalue weighted by Gasteiger charge is -2.15. The van der Waals surface area contributed by atoms with E-state index < -0.39 is 21.9 Å². The number of sulfonamides is 1. The van der Waals surface area contributed by atoms with Crippen molar-refractivity contribution >= 4 is 10.0 Å². The molecule has 1 aromatic carbocycles. The molecular weight excluding hydrogens is 295 g/mol. The lowest BCUT2D eigenvalue weighted by atomic mass is 10.1. The monoisotopic (exact) mass is 310 g/mol. The predicted molar refractivity (Wildman–Crippen MR) is 75.3 cm³/mol. The Morgan fingerprint density at radius 1 is 1.29 bits per heavy atom. The molecule has 0 amide bonds. The van der Waals surface area contributed by atoms with Crippen molar-refractivity contribution in [1.29, 1.82) is 0 Å². The van der Waals surface area contributed by atoms with Crippen molar-refractivity contribution in [3.8, 4) is 0 Å². The largest absolute Gasteiger partial charge is 0.392 e. The van der Waals surface area contributed by atoms with Gasteiger partial charge in [0, 0.05) is 17.8 Å². The van der Waals surface area contributed by atoms with Gasteiger partial charge in [-0.2, -0.15) is 0 Å². The Hall–Kier alpha value is -1.83. The molecule has 0 radical (unpaired) electrons. The average Bonchev–Trinajstić information content (AvgIpc) is 2.47. The normalized spacial score (nSPS) is 13.1. The summed E-state index contributed by atoms with van der Waals surface area (Å²) in [4.78, 5) is 3.79. The number of hydrogen-bond donors (Lipinski definition) is 2. The first-order valence-corrected chi connectivity index (χ1v) is 7.75. The third-order valence-corrected chi connectivity index (χ3v) is 4.42. The van der Waals surface area contributed by atoms with Crippen molar-refractivity contribution in [3.63, 3.8) is 0 Å². The number of aromatic nitrogens is 1. The molecule has 1 heterocycles. The second-order valence-electron chi connectivity index (χ2n) is 4.53. The van der Waals surface area contributed by atoms with E-state index in [4.69, 9.17) is 5.11 Å². The third kappa shape index (κ3) is 3.63. The second-order valence-corrected chi connectivity index (χ2v) is 6.19. The van der Waals surface area contributed by atoms with E-state index in [-0.39, 0.29) is 17.2 Å². The summed E-state index contributed by atoms with van der Waals surface area (Å²) in [5.41, 5.74) is 0.768. The Bertz CT molecular complexity index is 717. The summed E-state index contributed by atoms with van der Waals surface area (Å²) in [7, 11) is -3.86. The molecule has 0 aliphatic carbocycles. The molecule has 1 unspecified atom stereocenters. The maximum absolute atomic E-state index is 13.6. The number of rotatable bonds is 5. The highest BCUT2D eigenvalue weighted by atomic mass is 32.2. The second kappa shape index (κ2) is 6.30. The van der Waals surface area contributed by atoms with E-state index in [9.17, 15) is 12.8 Å². The molecule has 2 N–H and O–H groups in total. The quantitative estimate of drug-likeness (QED) is 0.882. The molecule has 0 spiro atoms. The molecule has 2 aromatic rings. The van der Waals surface area contributed by atoms with Crippen molar-refractivity contribution < 1.29 is 17.9 Å². The van der Waals surface area contributed by atoms with E-state index in [2.05, 4.69) is 9.71 Å². The van der Waals surface area contributed by atoms with E-state index in [0.29, 0.717) is 5.56 Å². The van der Waals surface area contributed by atoms with Gasteiger partial charge in [0.25, 0.3) is 10.0 Å². The number of aliphatic hydroxyl groups is 1. The predicted octanol–water partition coefficient (Wildman–Crippen LogP) is 1.75. The zero-order valence-electron chi connectivity index (χ0n) is 11.3. The maximum atomic E-state index is 13.6. The van der Waals surface area contributed by atoms with E-state index in [1.54, 1.807) is 13.0 Å². The molecule has 2 rings (SSSR count). The summed E-state index contributed by atoms with van der Waals surface area (Å²) >= 11 is 0. The Balaban J connectivity index is 2.22. The molecule has 21 heavy (non-hydrogen) atoms. The summed E-state index contributed by atoms with van der Waals surface area (Å²) in [6, 6.07) is 8.00. The van der Waals surface area contributed by atoms with Crippen LogP contribution < -0.4 is 4.72 Å². The van der Waals surface area contributed by atoms with Crippen molar-refractivity contribution in [3.05, 3.63) is 59.5 Å². The van der Waals surface area contributed by atoms with Crippen LogP contribution in [0.2, 0.25) is 0 Å². The first-order chi connectivity index (χ1) is 9.94. The molecule has 112 valence electrons. The number of benzene rings is 1. The fraction of sp³-hybridized carbons (Fsp3) is 0.214. The molecular formula is C14H15FN2O3S. The number of hydrogen-bond acceptors (Lipinski definition) is 4. The van der Waals surface area contributed by atoms with Crippen LogP contribution >= 0.6 is 0 Å². The summed E-state index contributed by atoms with van der Waals surface area (Å²) < 4.78 is 40.3. The van der Waals surface area contributed by atoms with Crippen LogP contribution in [0.25, 0.3) is 0 Å². The number of nitrogens with zero attached hydrogens (tertiary/aromatic N) is 1. The molecule has 5 nitrogen and oxygen atoms in total. The van der Waals surface area contributed by atoms with Gasteiger partial charge in [0.15, 0.2) is 5.03 Å². The summed E-state index contributed by atoms with van der Waals surface area (Å²) in [6.07, 6.45) is 1.28. The fourth-order valence-electron chi connectivity index (χ4n) is 1.85. The SMILES string of the molecule is CC(NS(=O)(=O)c1ccc(CO)cn1)c1ccccc1F. The molecule has 0 saturated carbocycles. The topological polar surface area (TPSA) is 79.3 Å². The van der Waals surface area contributed by atoms with Gasteiger partial charge in [-0.3, -0.25) is 0 Å². The number of pyridine rings is 1. The van der Waals surface area contributed by atoms with Gasteiger partial charge in [-0.05, 0) is 24.6 Å². The third-order valence-electron chi connectivity index (χ3n) is 2.96. The van der Waals surface area contributed by atoms with Crippen LogP contribution in [0.15, 0.2) is 47.6 Å². The van der Waals surface area contributed by atoms with Gasteiger partial charge in [0.05, 0.1) is 6.61 Å². The molecule has 7 heteroatoms. The molecule has 0 fully saturated rings. The summed E-state index contributed by atoms with van der Waals surface area (Å²) in [5.74, 6) is -0.476. The van der Waals surface area contributed by atoms with E-state index >= 15 is 0 Å². The fourth-order valence-corrected chi connectivity index (χ4v) is 3.00. The van der Waals surface area contributed by atoms with Gasteiger partial charge in [0.1, 0.15) is 5.82 Å². The van der Waals surface area contributed by atoms with Crippen molar-refractivity contribution in [2.45, 2.75) is 24.6 Å². The highest BCUT2D eigenvalue weighted by Crippen LogP contribution is 2.18. The van der Waals surface area contributed by atoms with Crippen LogP contribution in [0.4, 0.5) is 4.39 Å². The van der Waals surface area contributed by atoms with E-state index in [1.165, 1.54) is 36.5 Å². The van der Waals surface area contributed by atoms with Crippen LogP contribution in [0.1, 0.15) is 24.1 Å². The first-order valence-electron chi connectivity index (χ1n) is 6.26. The number of nitrogens with one attached hydrogen (secondary N) is 1. The number of aliphatic hydroxyl groups excluding tert-OH is 1. The Morgan fingerprint density at radius 2 is 2.00 bits per heavy atom. The Morgan fingerprint density at radius 3 is 2.57 bits per heavy atom. The maximum Gasteiger partial charge on any atom is 0.258 e. The molecule has 1 atom stereocenters. The van der Waals surface area contributed by atoms with Gasteiger partial charge in [-0.25, -0.2) is 22.5 Å². The minimum absolute atomic E-state index is 0.178. The smallest absolute Gasteiger partial charge is 0.258 e. The van der Waals surface area contributed by atoms with E-state index in [1.807, 2.05) is 0 Å². The molecule has 0 saturated heterocycles. The van der Waals surface area contributed by atoms with Crippen molar-refractivity contribution in [1.82, 2.24) is 9.71 Å². The Labute approximate surface area is 122 Å². The van der Waals surface area contributed by atoms with Crippen LogP contribution in [-0.4, -0.2) is 18.5 Å². The van der Waals surface area contributed by atoms with Gasteiger partial charge >= 0.3 is 0 Å². The number of halogens is 1. The van der Waals surface area contributed by atoms with Crippen LogP contribution in [0.5, 0.6) is 0 Å². The van der Waals surface area contributed by atoms with Gasteiger partial charge in [-0.1, -0.05) is 24.3 Å². The first kappa shape index (κ1) is 15.6.